The van der Waals surface area contributed by atoms with Crippen LogP contribution >= 0.6 is 0 Å². The lowest BCUT2D eigenvalue weighted by molar-refractivity contribution is 0.0336. The van der Waals surface area contributed by atoms with Gasteiger partial charge in [0.25, 0.3) is 0 Å². The highest BCUT2D eigenvalue weighted by Gasteiger charge is 2.32. The summed E-state index contributed by atoms with van der Waals surface area (Å²) in [6.45, 7) is 5.84. The van der Waals surface area contributed by atoms with Crippen LogP contribution in [0, 0.1) is 0 Å². The molecular weight excluding hydrogens is 358 g/mol. The van der Waals surface area contributed by atoms with Gasteiger partial charge in [0.2, 0.25) is 5.78 Å². The number of morpholine rings is 1. The van der Waals surface area contributed by atoms with Crippen molar-refractivity contribution in [2.75, 3.05) is 32.9 Å². The Morgan fingerprint density at radius 2 is 1.96 bits per heavy atom. The van der Waals surface area contributed by atoms with Crippen molar-refractivity contribution in [3.63, 3.8) is 0 Å². The number of phenolic OH excluding ortho intramolecular Hbond substituents is 1. The molecule has 0 unspecified atom stereocenters. The average molecular weight is 381 g/mol. The van der Waals surface area contributed by atoms with Gasteiger partial charge in [0.05, 0.1) is 30.9 Å². The van der Waals surface area contributed by atoms with Crippen LogP contribution in [0.1, 0.15) is 28.4 Å². The van der Waals surface area contributed by atoms with E-state index in [-0.39, 0.29) is 17.3 Å². The third-order valence-electron chi connectivity index (χ3n) is 4.91. The van der Waals surface area contributed by atoms with Crippen molar-refractivity contribution in [2.45, 2.75) is 13.5 Å². The second-order valence-electron chi connectivity index (χ2n) is 6.74. The van der Waals surface area contributed by atoms with E-state index in [9.17, 15) is 9.90 Å². The van der Waals surface area contributed by atoms with Gasteiger partial charge in [-0.2, -0.15) is 0 Å². The van der Waals surface area contributed by atoms with Crippen LogP contribution in [0.5, 0.6) is 17.2 Å². The number of carbonyl (C=O) groups excluding carboxylic acids is 1. The highest BCUT2D eigenvalue weighted by molar-refractivity contribution is 6.15. The summed E-state index contributed by atoms with van der Waals surface area (Å²) in [6.07, 6.45) is 1.70. The van der Waals surface area contributed by atoms with Gasteiger partial charge in [-0.1, -0.05) is 18.2 Å². The Morgan fingerprint density at radius 3 is 2.75 bits per heavy atom. The maximum absolute atomic E-state index is 12.9. The summed E-state index contributed by atoms with van der Waals surface area (Å²) >= 11 is 0. The van der Waals surface area contributed by atoms with Gasteiger partial charge in [-0.3, -0.25) is 9.69 Å². The monoisotopic (exact) mass is 381 g/mol. The van der Waals surface area contributed by atoms with E-state index < -0.39 is 0 Å². The van der Waals surface area contributed by atoms with Gasteiger partial charge in [-0.05, 0) is 31.2 Å². The second-order valence-corrected chi connectivity index (χ2v) is 6.74. The first-order chi connectivity index (χ1) is 13.7. The van der Waals surface area contributed by atoms with Crippen LogP contribution in [0.25, 0.3) is 6.08 Å². The number of hydrogen-bond donors (Lipinski definition) is 1. The lowest BCUT2D eigenvalue weighted by Crippen LogP contribution is -2.35. The normalized spacial score (nSPS) is 18.2. The number of benzene rings is 2. The number of allylic oxidation sites excluding steroid dienone is 1. The first kappa shape index (κ1) is 18.5. The molecule has 2 aliphatic heterocycles. The van der Waals surface area contributed by atoms with Gasteiger partial charge >= 0.3 is 0 Å². The van der Waals surface area contributed by atoms with Gasteiger partial charge in [0, 0.05) is 25.2 Å². The highest BCUT2D eigenvalue weighted by atomic mass is 16.5. The number of phenols is 1. The summed E-state index contributed by atoms with van der Waals surface area (Å²) in [4.78, 5) is 15.1. The van der Waals surface area contributed by atoms with Crippen molar-refractivity contribution in [1.29, 1.82) is 0 Å². The van der Waals surface area contributed by atoms with Crippen molar-refractivity contribution in [3.8, 4) is 17.2 Å². The lowest BCUT2D eigenvalue weighted by Gasteiger charge is -2.27. The molecule has 2 aliphatic rings. The standard InChI is InChI=1S/C22H23NO5/c1-2-27-19-6-4-3-5-15(19)13-20-21(25)16-7-8-18(24)17(22(16)28-20)14-23-9-11-26-12-10-23/h3-8,13,24H,2,9-12,14H2,1H3/b20-13-. The van der Waals surface area contributed by atoms with E-state index in [1.165, 1.54) is 0 Å². The van der Waals surface area contributed by atoms with Crippen LogP contribution in [0.4, 0.5) is 0 Å². The molecule has 0 bridgehead atoms. The topological polar surface area (TPSA) is 68.2 Å². The molecule has 0 amide bonds. The molecule has 0 aromatic heterocycles. The number of fused-ring (bicyclic) bond motifs is 1. The maximum Gasteiger partial charge on any atom is 0.231 e. The van der Waals surface area contributed by atoms with Crippen molar-refractivity contribution < 1.29 is 24.1 Å². The van der Waals surface area contributed by atoms with Crippen LogP contribution in [0.2, 0.25) is 0 Å². The number of nitrogens with zero attached hydrogens (tertiary/aromatic N) is 1. The van der Waals surface area contributed by atoms with Gasteiger partial charge in [-0.25, -0.2) is 0 Å². The number of ketones is 1. The largest absolute Gasteiger partial charge is 0.507 e. The SMILES string of the molecule is CCOc1ccccc1/C=C1\Oc2c(ccc(O)c2CN2CCOCC2)C1=O. The lowest BCUT2D eigenvalue weighted by atomic mass is 10.0. The molecule has 6 heteroatoms. The molecule has 1 saturated heterocycles. The zero-order chi connectivity index (χ0) is 19.5. The summed E-state index contributed by atoms with van der Waals surface area (Å²) in [6, 6.07) is 10.7. The molecule has 2 aromatic carbocycles. The molecule has 6 nitrogen and oxygen atoms in total. The fourth-order valence-electron chi connectivity index (χ4n) is 3.46. The summed E-state index contributed by atoms with van der Waals surface area (Å²) in [5, 5.41) is 10.4. The molecule has 0 saturated carbocycles. The molecule has 146 valence electrons. The molecule has 1 fully saturated rings. The molecule has 2 aromatic rings. The van der Waals surface area contributed by atoms with E-state index >= 15 is 0 Å². The maximum atomic E-state index is 12.9. The predicted molar refractivity (Wildman–Crippen MR) is 105 cm³/mol. The Balaban J connectivity index is 1.65. The Hall–Kier alpha value is -2.83. The summed E-state index contributed by atoms with van der Waals surface area (Å²) in [5.41, 5.74) is 1.88. The summed E-state index contributed by atoms with van der Waals surface area (Å²) < 4.78 is 17.0. The number of hydrogen-bond acceptors (Lipinski definition) is 6. The number of carbonyl (C=O) groups is 1. The Labute approximate surface area is 163 Å². The summed E-state index contributed by atoms with van der Waals surface area (Å²) in [5.74, 6) is 1.31. The van der Waals surface area contributed by atoms with Crippen molar-refractivity contribution in [3.05, 3.63) is 58.8 Å². The second kappa shape index (κ2) is 8.04. The molecule has 0 aliphatic carbocycles. The van der Waals surface area contributed by atoms with E-state index in [1.54, 1.807) is 18.2 Å². The zero-order valence-electron chi connectivity index (χ0n) is 15.8. The molecule has 4 rings (SSSR count). The minimum Gasteiger partial charge on any atom is -0.507 e. The molecule has 1 N–H and O–H groups in total. The third kappa shape index (κ3) is 3.61. The number of para-hydroxylation sites is 1. The van der Waals surface area contributed by atoms with Gasteiger partial charge in [0.15, 0.2) is 5.76 Å². The fraction of sp³-hybridized carbons (Fsp3) is 0.318. The van der Waals surface area contributed by atoms with Gasteiger partial charge in [-0.15, -0.1) is 0 Å². The molecule has 28 heavy (non-hydrogen) atoms. The van der Waals surface area contributed by atoms with Gasteiger partial charge < -0.3 is 19.3 Å². The van der Waals surface area contributed by atoms with E-state index in [0.29, 0.717) is 49.0 Å². The van der Waals surface area contributed by atoms with Crippen molar-refractivity contribution >= 4 is 11.9 Å². The fourth-order valence-corrected chi connectivity index (χ4v) is 3.46. The first-order valence-electron chi connectivity index (χ1n) is 9.48. The van der Waals surface area contributed by atoms with Gasteiger partial charge in [0.1, 0.15) is 17.2 Å². The van der Waals surface area contributed by atoms with Crippen molar-refractivity contribution in [2.24, 2.45) is 0 Å². The third-order valence-corrected chi connectivity index (χ3v) is 4.91. The van der Waals surface area contributed by atoms with Crippen LogP contribution in [0.15, 0.2) is 42.2 Å². The quantitative estimate of drug-likeness (QED) is 0.802. The highest BCUT2D eigenvalue weighted by Crippen LogP contribution is 2.40. The minimum atomic E-state index is -0.190. The molecular formula is C22H23NO5. The van der Waals surface area contributed by atoms with E-state index in [2.05, 4.69) is 4.90 Å². The number of ether oxygens (including phenoxy) is 3. The zero-order valence-corrected chi connectivity index (χ0v) is 15.8. The Kier molecular flexibility index (Phi) is 5.32. The van der Waals surface area contributed by atoms with E-state index in [1.807, 2.05) is 31.2 Å². The van der Waals surface area contributed by atoms with Crippen LogP contribution in [-0.4, -0.2) is 48.7 Å². The smallest absolute Gasteiger partial charge is 0.231 e. The van der Waals surface area contributed by atoms with E-state index in [4.69, 9.17) is 14.2 Å². The predicted octanol–water partition coefficient (Wildman–Crippen LogP) is 3.24. The minimum absolute atomic E-state index is 0.133. The Bertz CT molecular complexity index is 915. The van der Waals surface area contributed by atoms with Crippen LogP contribution < -0.4 is 9.47 Å². The molecule has 0 radical (unpaired) electrons. The van der Waals surface area contributed by atoms with Crippen molar-refractivity contribution in [1.82, 2.24) is 4.90 Å². The summed E-state index contributed by atoms with van der Waals surface area (Å²) in [7, 11) is 0. The first-order valence-corrected chi connectivity index (χ1v) is 9.48. The van der Waals surface area contributed by atoms with E-state index in [0.717, 1.165) is 18.7 Å². The molecule has 2 heterocycles. The average Bonchev–Trinajstić information content (AvgIpc) is 3.02. The number of rotatable bonds is 5. The molecule has 0 spiro atoms. The van der Waals surface area contributed by atoms with Crippen LogP contribution in [-0.2, 0) is 11.3 Å². The van der Waals surface area contributed by atoms with Crippen LogP contribution in [0.3, 0.4) is 0 Å². The molecule has 0 atom stereocenters. The number of aromatic hydroxyl groups is 1. The Morgan fingerprint density at radius 1 is 1.18 bits per heavy atom. The number of Topliss-reactive ketones (excluding diaryl/α,β-unsaturated/α-hetero) is 1.